The lowest BCUT2D eigenvalue weighted by Gasteiger charge is -2.25. The third-order valence-corrected chi connectivity index (χ3v) is 5.28. The molecule has 0 aliphatic heterocycles. The fourth-order valence-electron chi connectivity index (χ4n) is 1.75. The summed E-state index contributed by atoms with van der Waals surface area (Å²) in [5, 5.41) is 7.54. The molecule has 1 aromatic rings. The zero-order chi connectivity index (χ0) is 16.0. The van der Waals surface area contributed by atoms with Crippen molar-refractivity contribution >= 4 is 16.0 Å². The molecule has 0 aliphatic carbocycles. The third kappa shape index (κ3) is 5.11. The van der Waals surface area contributed by atoms with Gasteiger partial charge in [-0.1, -0.05) is 30.3 Å². The summed E-state index contributed by atoms with van der Waals surface area (Å²) in [6.45, 7) is 2.15. The number of sulfonamides is 1. The second-order valence-corrected chi connectivity index (χ2v) is 7.40. The van der Waals surface area contributed by atoms with Crippen molar-refractivity contribution in [3.63, 3.8) is 0 Å². The standard InChI is InChI=1S/C14H22N2O4S/c1-12(14(17)18)21(19,20)16(10-9-15(2)3)11-13-7-5-4-6-8-13/h4-8,12H,9-11H2,1-3H3,(H,17,18). The van der Waals surface area contributed by atoms with E-state index in [1.807, 2.05) is 49.3 Å². The van der Waals surface area contributed by atoms with Crippen LogP contribution in [-0.4, -0.2) is 61.1 Å². The molecule has 0 bridgehead atoms. The van der Waals surface area contributed by atoms with Gasteiger partial charge in [0.25, 0.3) is 0 Å². The van der Waals surface area contributed by atoms with E-state index in [0.29, 0.717) is 6.54 Å². The molecule has 0 amide bonds. The molecule has 0 saturated heterocycles. The Bertz CT molecular complexity index is 558. The molecule has 1 atom stereocenters. The van der Waals surface area contributed by atoms with Gasteiger partial charge in [0.05, 0.1) is 0 Å². The van der Waals surface area contributed by atoms with Crippen molar-refractivity contribution in [2.75, 3.05) is 27.2 Å². The molecular formula is C14H22N2O4S. The maximum absolute atomic E-state index is 12.4. The molecule has 0 radical (unpaired) electrons. The predicted octanol–water partition coefficient (Wildman–Crippen LogP) is 0.853. The van der Waals surface area contributed by atoms with Gasteiger partial charge in [-0.2, -0.15) is 4.31 Å². The Morgan fingerprint density at radius 3 is 2.24 bits per heavy atom. The highest BCUT2D eigenvalue weighted by Crippen LogP contribution is 2.14. The van der Waals surface area contributed by atoms with E-state index in [-0.39, 0.29) is 13.1 Å². The molecule has 0 heterocycles. The van der Waals surface area contributed by atoms with Crippen LogP contribution in [0.5, 0.6) is 0 Å². The molecule has 1 aromatic carbocycles. The van der Waals surface area contributed by atoms with E-state index in [4.69, 9.17) is 5.11 Å². The van der Waals surface area contributed by atoms with E-state index >= 15 is 0 Å². The Labute approximate surface area is 126 Å². The molecule has 1 rings (SSSR count). The Hall–Kier alpha value is -1.44. The number of benzene rings is 1. The molecule has 0 aromatic heterocycles. The van der Waals surface area contributed by atoms with Crippen LogP contribution in [0.15, 0.2) is 30.3 Å². The van der Waals surface area contributed by atoms with Gasteiger partial charge in [-0.3, -0.25) is 4.79 Å². The Morgan fingerprint density at radius 1 is 1.19 bits per heavy atom. The molecule has 7 heteroatoms. The van der Waals surface area contributed by atoms with Crippen molar-refractivity contribution < 1.29 is 18.3 Å². The summed E-state index contributed by atoms with van der Waals surface area (Å²) in [5.41, 5.74) is 0.831. The summed E-state index contributed by atoms with van der Waals surface area (Å²) < 4.78 is 26.1. The summed E-state index contributed by atoms with van der Waals surface area (Å²) in [4.78, 5) is 12.9. The minimum atomic E-state index is -3.89. The lowest BCUT2D eigenvalue weighted by molar-refractivity contribution is -0.136. The largest absolute Gasteiger partial charge is 0.480 e. The van der Waals surface area contributed by atoms with Crippen LogP contribution in [0.3, 0.4) is 0 Å². The van der Waals surface area contributed by atoms with Gasteiger partial charge >= 0.3 is 5.97 Å². The van der Waals surface area contributed by atoms with Gasteiger partial charge in [0.2, 0.25) is 10.0 Å². The Morgan fingerprint density at radius 2 is 1.76 bits per heavy atom. The number of aliphatic carboxylic acids is 1. The second-order valence-electron chi connectivity index (χ2n) is 5.15. The minimum Gasteiger partial charge on any atom is -0.480 e. The first-order valence-electron chi connectivity index (χ1n) is 6.65. The van der Waals surface area contributed by atoms with Crippen molar-refractivity contribution in [2.24, 2.45) is 0 Å². The zero-order valence-corrected chi connectivity index (χ0v) is 13.4. The third-order valence-electron chi connectivity index (χ3n) is 3.15. The van der Waals surface area contributed by atoms with Crippen LogP contribution >= 0.6 is 0 Å². The van der Waals surface area contributed by atoms with E-state index in [0.717, 1.165) is 5.56 Å². The van der Waals surface area contributed by atoms with Gasteiger partial charge in [0.15, 0.2) is 5.25 Å². The number of nitrogens with zero attached hydrogens (tertiary/aromatic N) is 2. The molecule has 0 aliphatic rings. The normalized spacial score (nSPS) is 13.6. The number of hydrogen-bond acceptors (Lipinski definition) is 4. The lowest BCUT2D eigenvalue weighted by atomic mass is 10.2. The second kappa shape index (κ2) is 7.53. The Kier molecular flexibility index (Phi) is 6.32. The average molecular weight is 314 g/mol. The summed E-state index contributed by atoms with van der Waals surface area (Å²) >= 11 is 0. The molecule has 1 unspecified atom stereocenters. The maximum Gasteiger partial charge on any atom is 0.323 e. The van der Waals surface area contributed by atoms with Gasteiger partial charge in [-0.15, -0.1) is 0 Å². The summed E-state index contributed by atoms with van der Waals surface area (Å²) in [6, 6.07) is 9.15. The molecule has 6 nitrogen and oxygen atoms in total. The van der Waals surface area contributed by atoms with Crippen molar-refractivity contribution in [1.82, 2.24) is 9.21 Å². The summed E-state index contributed by atoms with van der Waals surface area (Å²) in [5.74, 6) is -1.34. The topological polar surface area (TPSA) is 77.9 Å². The molecular weight excluding hydrogens is 292 g/mol. The van der Waals surface area contributed by atoms with Crippen LogP contribution in [-0.2, 0) is 21.4 Å². The molecule has 0 fully saturated rings. The van der Waals surface area contributed by atoms with E-state index < -0.39 is 21.2 Å². The van der Waals surface area contributed by atoms with Crippen LogP contribution in [0.25, 0.3) is 0 Å². The van der Waals surface area contributed by atoms with Crippen molar-refractivity contribution in [3.8, 4) is 0 Å². The van der Waals surface area contributed by atoms with E-state index in [1.54, 1.807) is 0 Å². The highest BCUT2D eigenvalue weighted by Gasteiger charge is 2.33. The van der Waals surface area contributed by atoms with E-state index in [9.17, 15) is 13.2 Å². The van der Waals surface area contributed by atoms with Gasteiger partial charge in [-0.05, 0) is 26.6 Å². The minimum absolute atomic E-state index is 0.175. The fraction of sp³-hybridized carbons (Fsp3) is 0.500. The van der Waals surface area contributed by atoms with Gasteiger partial charge < -0.3 is 10.0 Å². The van der Waals surface area contributed by atoms with E-state index in [1.165, 1.54) is 11.2 Å². The molecule has 1 N–H and O–H groups in total. The average Bonchev–Trinajstić information content (AvgIpc) is 2.43. The zero-order valence-electron chi connectivity index (χ0n) is 12.6. The lowest BCUT2D eigenvalue weighted by Crippen LogP contribution is -2.43. The van der Waals surface area contributed by atoms with Crippen LogP contribution in [0.2, 0.25) is 0 Å². The van der Waals surface area contributed by atoms with Crippen LogP contribution < -0.4 is 0 Å². The molecule has 0 saturated carbocycles. The summed E-state index contributed by atoms with van der Waals surface area (Å²) in [7, 11) is -0.205. The highest BCUT2D eigenvalue weighted by molar-refractivity contribution is 7.90. The van der Waals surface area contributed by atoms with Gasteiger partial charge in [-0.25, -0.2) is 8.42 Å². The monoisotopic (exact) mass is 314 g/mol. The first kappa shape index (κ1) is 17.6. The predicted molar refractivity (Wildman–Crippen MR) is 81.4 cm³/mol. The molecule has 118 valence electrons. The van der Waals surface area contributed by atoms with Crippen molar-refractivity contribution in [3.05, 3.63) is 35.9 Å². The van der Waals surface area contributed by atoms with E-state index in [2.05, 4.69) is 0 Å². The van der Waals surface area contributed by atoms with Crippen molar-refractivity contribution in [1.29, 1.82) is 0 Å². The number of carboxylic acid groups (broad SMARTS) is 1. The fourth-order valence-corrected chi connectivity index (χ4v) is 3.11. The number of likely N-dealkylation sites (N-methyl/N-ethyl adjacent to an activating group) is 1. The molecule has 0 spiro atoms. The first-order chi connectivity index (χ1) is 9.75. The first-order valence-corrected chi connectivity index (χ1v) is 8.16. The van der Waals surface area contributed by atoms with Crippen LogP contribution in [0.1, 0.15) is 12.5 Å². The maximum atomic E-state index is 12.4. The number of rotatable bonds is 8. The van der Waals surface area contributed by atoms with Crippen LogP contribution in [0.4, 0.5) is 0 Å². The molecule has 21 heavy (non-hydrogen) atoms. The smallest absolute Gasteiger partial charge is 0.323 e. The Balaban J connectivity index is 2.99. The van der Waals surface area contributed by atoms with Crippen LogP contribution in [0, 0.1) is 0 Å². The van der Waals surface area contributed by atoms with Crippen molar-refractivity contribution in [2.45, 2.75) is 18.7 Å². The van der Waals surface area contributed by atoms with Gasteiger partial charge in [0.1, 0.15) is 0 Å². The quantitative estimate of drug-likeness (QED) is 0.770. The SMILES string of the molecule is CC(C(=O)O)S(=O)(=O)N(CCN(C)C)Cc1ccccc1. The number of hydrogen-bond donors (Lipinski definition) is 1. The summed E-state index contributed by atoms with van der Waals surface area (Å²) in [6.07, 6.45) is 0. The number of carboxylic acids is 1. The van der Waals surface area contributed by atoms with Gasteiger partial charge in [0, 0.05) is 19.6 Å². The number of carbonyl (C=O) groups is 1. The highest BCUT2D eigenvalue weighted by atomic mass is 32.2.